The van der Waals surface area contributed by atoms with Gasteiger partial charge in [-0.2, -0.15) is 0 Å². The first-order valence-electron chi connectivity index (χ1n) is 10.4. The number of piperidine rings is 1. The van der Waals surface area contributed by atoms with E-state index in [2.05, 4.69) is 42.7 Å². The monoisotopic (exact) mass is 347 g/mol. The van der Waals surface area contributed by atoms with Gasteiger partial charge in [-0.25, -0.2) is 0 Å². The largest absolute Gasteiger partial charge is 0.343 e. The Hall–Kier alpha value is -1.16. The molecule has 4 nitrogen and oxygen atoms in total. The van der Waals surface area contributed by atoms with Crippen LogP contribution in [0.15, 0.2) is 17.1 Å². The Kier molecular flexibility index (Phi) is 8.14. The Morgan fingerprint density at radius 2 is 1.88 bits per heavy atom. The fourth-order valence-corrected chi connectivity index (χ4v) is 4.24. The molecule has 142 valence electrons. The van der Waals surface area contributed by atoms with Gasteiger partial charge in [0.15, 0.2) is 0 Å². The number of aliphatic imine (C=N–C) groups is 1. The van der Waals surface area contributed by atoms with Gasteiger partial charge < -0.3 is 4.90 Å². The molecule has 2 rings (SSSR count). The number of carbonyl (C=O) groups is 1. The van der Waals surface area contributed by atoms with Crippen molar-refractivity contribution in [1.82, 2.24) is 9.80 Å². The number of allylic oxidation sites excluding steroid dienone is 1. The third kappa shape index (κ3) is 5.40. The third-order valence-corrected chi connectivity index (χ3v) is 5.77. The van der Waals surface area contributed by atoms with Crippen molar-refractivity contribution in [2.24, 2.45) is 10.9 Å². The van der Waals surface area contributed by atoms with Crippen LogP contribution in [0, 0.1) is 5.92 Å². The predicted molar refractivity (Wildman–Crippen MR) is 106 cm³/mol. The zero-order valence-electron chi connectivity index (χ0n) is 16.5. The molecule has 0 N–H and O–H groups in total. The molecule has 0 bridgehead atoms. The van der Waals surface area contributed by atoms with E-state index < -0.39 is 0 Å². The zero-order chi connectivity index (χ0) is 18.1. The lowest BCUT2D eigenvalue weighted by Crippen LogP contribution is -2.48. The molecule has 0 aromatic carbocycles. The highest BCUT2D eigenvalue weighted by molar-refractivity contribution is 5.76. The van der Waals surface area contributed by atoms with Gasteiger partial charge in [0.1, 0.15) is 5.66 Å². The van der Waals surface area contributed by atoms with E-state index in [0.717, 1.165) is 64.2 Å². The van der Waals surface area contributed by atoms with Crippen LogP contribution in [0.3, 0.4) is 0 Å². The van der Waals surface area contributed by atoms with Gasteiger partial charge in [-0.1, -0.05) is 20.8 Å². The summed E-state index contributed by atoms with van der Waals surface area (Å²) in [5.41, 5.74) is -0.0677. The molecule has 2 aliphatic heterocycles. The molecule has 0 spiro atoms. The molecule has 1 saturated heterocycles. The van der Waals surface area contributed by atoms with Gasteiger partial charge >= 0.3 is 0 Å². The molecule has 1 atom stereocenters. The molecule has 4 heteroatoms. The number of hydrogen-bond acceptors (Lipinski definition) is 3. The maximum Gasteiger partial charge on any atom is 0.222 e. The van der Waals surface area contributed by atoms with Gasteiger partial charge in [0, 0.05) is 38.8 Å². The summed E-state index contributed by atoms with van der Waals surface area (Å²) in [5, 5.41) is 0. The molecule has 1 fully saturated rings. The summed E-state index contributed by atoms with van der Waals surface area (Å²) in [6, 6.07) is 0. The minimum atomic E-state index is -0.0677. The summed E-state index contributed by atoms with van der Waals surface area (Å²) in [5.74, 6) is 1.13. The highest BCUT2D eigenvalue weighted by Crippen LogP contribution is 2.32. The molecule has 1 unspecified atom stereocenters. The van der Waals surface area contributed by atoms with Crippen molar-refractivity contribution < 1.29 is 4.79 Å². The van der Waals surface area contributed by atoms with Crippen LogP contribution in [0.5, 0.6) is 0 Å². The summed E-state index contributed by atoms with van der Waals surface area (Å²) in [7, 11) is 0. The SMILES string of the molecule is CCCN(CCC)C(=O)CCCC1CCN(C2(CC)C=CC=N2)CC1. The second kappa shape index (κ2) is 10.1. The van der Waals surface area contributed by atoms with Crippen molar-refractivity contribution in [2.45, 2.75) is 77.8 Å². The van der Waals surface area contributed by atoms with Crippen LogP contribution in [0.1, 0.15) is 72.1 Å². The van der Waals surface area contributed by atoms with Gasteiger partial charge in [-0.05, 0) is 63.0 Å². The zero-order valence-corrected chi connectivity index (χ0v) is 16.5. The first kappa shape index (κ1) is 20.2. The number of rotatable bonds is 10. The van der Waals surface area contributed by atoms with E-state index in [-0.39, 0.29) is 5.66 Å². The molecular formula is C21H37N3O. The van der Waals surface area contributed by atoms with Gasteiger partial charge in [-0.3, -0.25) is 14.7 Å². The van der Waals surface area contributed by atoms with E-state index in [9.17, 15) is 4.79 Å². The highest BCUT2D eigenvalue weighted by atomic mass is 16.2. The van der Waals surface area contributed by atoms with Crippen molar-refractivity contribution in [2.75, 3.05) is 26.2 Å². The first-order chi connectivity index (χ1) is 12.1. The summed E-state index contributed by atoms with van der Waals surface area (Å²) in [4.78, 5) is 21.7. The first-order valence-corrected chi connectivity index (χ1v) is 10.4. The van der Waals surface area contributed by atoms with Crippen molar-refractivity contribution in [3.63, 3.8) is 0 Å². The van der Waals surface area contributed by atoms with Crippen molar-refractivity contribution in [3.05, 3.63) is 12.2 Å². The van der Waals surface area contributed by atoms with E-state index in [4.69, 9.17) is 4.99 Å². The van der Waals surface area contributed by atoms with Crippen LogP contribution < -0.4 is 0 Å². The lowest BCUT2D eigenvalue weighted by atomic mass is 9.89. The topological polar surface area (TPSA) is 35.9 Å². The molecule has 0 aliphatic carbocycles. The molecule has 0 aromatic rings. The Morgan fingerprint density at radius 3 is 2.40 bits per heavy atom. The number of nitrogens with zero attached hydrogens (tertiary/aromatic N) is 3. The average Bonchev–Trinajstić information content (AvgIpc) is 3.12. The van der Waals surface area contributed by atoms with Gasteiger partial charge in [-0.15, -0.1) is 0 Å². The summed E-state index contributed by atoms with van der Waals surface area (Å²) >= 11 is 0. The standard InChI is InChI=1S/C21H37N3O/c1-4-15-23(16-5-2)20(25)10-7-9-19-11-17-24(18-12-19)21(6-3)13-8-14-22-21/h8,13-14,19H,4-7,9-12,15-18H2,1-3H3. The molecule has 25 heavy (non-hydrogen) atoms. The predicted octanol–water partition coefficient (Wildman–Crippen LogP) is 4.26. The summed E-state index contributed by atoms with van der Waals surface area (Å²) in [6.45, 7) is 10.6. The Bertz CT molecular complexity index is 446. The van der Waals surface area contributed by atoms with Crippen LogP contribution in [-0.2, 0) is 4.79 Å². The molecule has 2 heterocycles. The van der Waals surface area contributed by atoms with Crippen LogP contribution in [0.4, 0.5) is 0 Å². The van der Waals surface area contributed by atoms with Crippen molar-refractivity contribution in [3.8, 4) is 0 Å². The average molecular weight is 348 g/mol. The molecular weight excluding hydrogens is 310 g/mol. The molecule has 0 aromatic heterocycles. The fraction of sp³-hybridized carbons (Fsp3) is 0.810. The highest BCUT2D eigenvalue weighted by Gasteiger charge is 2.35. The van der Waals surface area contributed by atoms with E-state index >= 15 is 0 Å². The number of hydrogen-bond donors (Lipinski definition) is 0. The lowest BCUT2D eigenvalue weighted by Gasteiger charge is -2.41. The van der Waals surface area contributed by atoms with Crippen molar-refractivity contribution >= 4 is 12.1 Å². The molecule has 0 radical (unpaired) electrons. The fourth-order valence-electron chi connectivity index (χ4n) is 4.24. The minimum Gasteiger partial charge on any atom is -0.343 e. The van der Waals surface area contributed by atoms with Gasteiger partial charge in [0.05, 0.1) is 0 Å². The quantitative estimate of drug-likeness (QED) is 0.592. The van der Waals surface area contributed by atoms with Crippen LogP contribution >= 0.6 is 0 Å². The minimum absolute atomic E-state index is 0.0677. The van der Waals surface area contributed by atoms with Crippen LogP contribution in [-0.4, -0.2) is 53.8 Å². The maximum absolute atomic E-state index is 12.4. The Labute approximate surface area is 154 Å². The Balaban J connectivity index is 1.69. The summed E-state index contributed by atoms with van der Waals surface area (Å²) in [6.07, 6.45) is 14.9. The number of likely N-dealkylation sites (tertiary alicyclic amines) is 1. The summed E-state index contributed by atoms with van der Waals surface area (Å²) < 4.78 is 0. The molecule has 1 amide bonds. The number of amides is 1. The van der Waals surface area contributed by atoms with Gasteiger partial charge in [0.2, 0.25) is 5.91 Å². The van der Waals surface area contributed by atoms with Crippen LogP contribution in [0.25, 0.3) is 0 Å². The van der Waals surface area contributed by atoms with E-state index in [0.29, 0.717) is 5.91 Å². The van der Waals surface area contributed by atoms with Crippen molar-refractivity contribution in [1.29, 1.82) is 0 Å². The molecule has 2 aliphatic rings. The lowest BCUT2D eigenvalue weighted by molar-refractivity contribution is -0.131. The van der Waals surface area contributed by atoms with Crippen LogP contribution in [0.2, 0.25) is 0 Å². The number of carbonyl (C=O) groups excluding carboxylic acids is 1. The van der Waals surface area contributed by atoms with E-state index in [1.54, 1.807) is 0 Å². The second-order valence-corrected chi connectivity index (χ2v) is 7.57. The smallest absolute Gasteiger partial charge is 0.222 e. The van der Waals surface area contributed by atoms with E-state index in [1.165, 1.54) is 19.3 Å². The Morgan fingerprint density at radius 1 is 1.20 bits per heavy atom. The maximum atomic E-state index is 12.4. The molecule has 0 saturated carbocycles. The normalized spacial score (nSPS) is 24.1. The van der Waals surface area contributed by atoms with Gasteiger partial charge in [0.25, 0.3) is 0 Å². The van der Waals surface area contributed by atoms with E-state index in [1.807, 2.05) is 6.21 Å². The third-order valence-electron chi connectivity index (χ3n) is 5.77. The second-order valence-electron chi connectivity index (χ2n) is 7.57.